The number of para-hydroxylation sites is 1. The summed E-state index contributed by atoms with van der Waals surface area (Å²) in [6.45, 7) is 7.60. The number of amides is 2. The van der Waals surface area contributed by atoms with Gasteiger partial charge in [0, 0.05) is 11.4 Å². The molecule has 2 aromatic rings. The minimum absolute atomic E-state index is 0.131. The molecular weight excluding hydrogens is 487 g/mol. The number of rotatable bonds is 11. The summed E-state index contributed by atoms with van der Waals surface area (Å²) in [6, 6.07) is 11.9. The Kier molecular flexibility index (Phi) is 10.0. The molecule has 5 nitrogen and oxygen atoms in total. The highest BCUT2D eigenvalue weighted by Crippen LogP contribution is 2.42. The van der Waals surface area contributed by atoms with Crippen LogP contribution in [0, 0.1) is 0 Å². The SMILES string of the molecule is CCCCN(CC)CCCNC(=O)CN1C(=O)C(=Cc2ccc(C(F)(F)F)cc2)Sc2ccccc21. The molecule has 0 saturated heterocycles. The van der Waals surface area contributed by atoms with Crippen LogP contribution >= 0.6 is 11.8 Å². The van der Waals surface area contributed by atoms with E-state index in [0.29, 0.717) is 22.7 Å². The fourth-order valence-corrected chi connectivity index (χ4v) is 4.94. The van der Waals surface area contributed by atoms with Crippen LogP contribution in [-0.2, 0) is 15.8 Å². The van der Waals surface area contributed by atoms with E-state index < -0.39 is 11.7 Å². The van der Waals surface area contributed by atoms with Crippen LogP contribution in [0.5, 0.6) is 0 Å². The smallest absolute Gasteiger partial charge is 0.355 e. The molecule has 0 spiro atoms. The molecule has 0 aromatic heterocycles. The normalized spacial score (nSPS) is 14.9. The standard InChI is InChI=1S/C27H32F3N3O2S/c1-3-5-16-32(4-2)17-8-15-31-25(34)19-33-22-9-6-7-10-23(22)36-24(26(33)35)18-20-11-13-21(14-12-20)27(28,29)30/h6-7,9-14,18H,3-5,8,15-17,19H2,1-2H3,(H,31,34). The van der Waals surface area contributed by atoms with Crippen molar-refractivity contribution < 1.29 is 22.8 Å². The highest BCUT2D eigenvalue weighted by Gasteiger charge is 2.31. The second-order valence-corrected chi connectivity index (χ2v) is 9.66. The summed E-state index contributed by atoms with van der Waals surface area (Å²) in [5.74, 6) is -0.610. The fraction of sp³-hybridized carbons (Fsp3) is 0.407. The predicted molar refractivity (Wildman–Crippen MR) is 139 cm³/mol. The quantitative estimate of drug-likeness (QED) is 0.301. The van der Waals surface area contributed by atoms with E-state index >= 15 is 0 Å². The second-order valence-electron chi connectivity index (χ2n) is 8.58. The molecule has 1 N–H and O–H groups in total. The molecule has 0 unspecified atom stereocenters. The molecule has 2 aromatic carbocycles. The van der Waals surface area contributed by atoms with Gasteiger partial charge in [-0.3, -0.25) is 14.5 Å². The van der Waals surface area contributed by atoms with Crippen LogP contribution in [-0.4, -0.2) is 49.4 Å². The van der Waals surface area contributed by atoms with Gasteiger partial charge in [0.1, 0.15) is 6.54 Å². The highest BCUT2D eigenvalue weighted by molar-refractivity contribution is 8.04. The third-order valence-electron chi connectivity index (χ3n) is 5.92. The molecular formula is C27H32F3N3O2S. The molecule has 3 rings (SSSR count). The average Bonchev–Trinajstić information content (AvgIpc) is 2.86. The van der Waals surface area contributed by atoms with E-state index in [4.69, 9.17) is 0 Å². The first kappa shape index (κ1) is 27.8. The lowest BCUT2D eigenvalue weighted by atomic mass is 10.1. The number of alkyl halides is 3. The lowest BCUT2D eigenvalue weighted by molar-refractivity contribution is -0.137. The zero-order valence-corrected chi connectivity index (χ0v) is 21.4. The van der Waals surface area contributed by atoms with Crippen LogP contribution in [0.2, 0.25) is 0 Å². The Bertz CT molecular complexity index is 1070. The van der Waals surface area contributed by atoms with Crippen molar-refractivity contribution in [1.82, 2.24) is 10.2 Å². The lowest BCUT2D eigenvalue weighted by Crippen LogP contribution is -2.43. The number of benzene rings is 2. The van der Waals surface area contributed by atoms with E-state index in [9.17, 15) is 22.8 Å². The molecule has 0 fully saturated rings. The molecule has 0 aliphatic carbocycles. The Morgan fingerprint density at radius 1 is 1.06 bits per heavy atom. The summed E-state index contributed by atoms with van der Waals surface area (Å²) >= 11 is 1.24. The van der Waals surface area contributed by atoms with Crippen molar-refractivity contribution in [1.29, 1.82) is 0 Å². The number of anilines is 1. The number of nitrogens with one attached hydrogen (secondary N) is 1. The molecule has 194 valence electrons. The molecule has 1 heterocycles. The van der Waals surface area contributed by atoms with Gasteiger partial charge >= 0.3 is 6.18 Å². The van der Waals surface area contributed by atoms with Crippen molar-refractivity contribution in [3.63, 3.8) is 0 Å². The summed E-state index contributed by atoms with van der Waals surface area (Å²) in [6.07, 6.45) is 0.254. The van der Waals surface area contributed by atoms with Crippen molar-refractivity contribution in [2.24, 2.45) is 0 Å². The van der Waals surface area contributed by atoms with E-state index in [1.54, 1.807) is 18.2 Å². The Hall–Kier alpha value is -2.78. The van der Waals surface area contributed by atoms with Gasteiger partial charge < -0.3 is 10.2 Å². The molecule has 2 amide bonds. The first-order valence-electron chi connectivity index (χ1n) is 12.2. The van der Waals surface area contributed by atoms with Gasteiger partial charge in [-0.05, 0) is 68.4 Å². The van der Waals surface area contributed by atoms with Gasteiger partial charge in [-0.2, -0.15) is 13.2 Å². The fourth-order valence-electron chi connectivity index (χ4n) is 3.88. The van der Waals surface area contributed by atoms with E-state index in [-0.39, 0.29) is 18.4 Å². The minimum atomic E-state index is -4.42. The van der Waals surface area contributed by atoms with Crippen LogP contribution in [0.3, 0.4) is 0 Å². The van der Waals surface area contributed by atoms with Crippen molar-refractivity contribution in [2.75, 3.05) is 37.6 Å². The largest absolute Gasteiger partial charge is 0.416 e. The highest BCUT2D eigenvalue weighted by atomic mass is 32.2. The maximum atomic E-state index is 13.3. The van der Waals surface area contributed by atoms with Crippen LogP contribution in [0.15, 0.2) is 58.3 Å². The number of halogens is 3. The van der Waals surface area contributed by atoms with Crippen LogP contribution in [0.1, 0.15) is 44.2 Å². The zero-order valence-electron chi connectivity index (χ0n) is 20.6. The Morgan fingerprint density at radius 3 is 2.42 bits per heavy atom. The molecule has 0 bridgehead atoms. The maximum Gasteiger partial charge on any atom is 0.416 e. The van der Waals surface area contributed by atoms with Crippen LogP contribution in [0.25, 0.3) is 6.08 Å². The van der Waals surface area contributed by atoms with Crippen molar-refractivity contribution >= 4 is 35.3 Å². The number of thioether (sulfide) groups is 1. The molecule has 1 aliphatic heterocycles. The molecule has 0 atom stereocenters. The van der Waals surface area contributed by atoms with Crippen molar-refractivity contribution in [3.05, 3.63) is 64.6 Å². The van der Waals surface area contributed by atoms with Crippen molar-refractivity contribution in [2.45, 2.75) is 44.2 Å². The number of carbonyl (C=O) groups is 2. The van der Waals surface area contributed by atoms with E-state index in [2.05, 4.69) is 24.1 Å². The predicted octanol–water partition coefficient (Wildman–Crippen LogP) is 5.81. The average molecular weight is 520 g/mol. The summed E-state index contributed by atoms with van der Waals surface area (Å²) in [7, 11) is 0. The molecule has 0 radical (unpaired) electrons. The van der Waals surface area contributed by atoms with E-state index in [1.165, 1.54) is 28.8 Å². The molecule has 0 saturated carbocycles. The molecule has 1 aliphatic rings. The van der Waals surface area contributed by atoms with Crippen molar-refractivity contribution in [3.8, 4) is 0 Å². The first-order valence-corrected chi connectivity index (χ1v) is 13.0. The number of carbonyl (C=O) groups excluding carboxylic acids is 2. The lowest BCUT2D eigenvalue weighted by Gasteiger charge is -2.30. The molecule has 9 heteroatoms. The first-order chi connectivity index (χ1) is 17.2. The number of unbranched alkanes of at least 4 members (excludes halogenated alkanes) is 1. The number of hydrogen-bond donors (Lipinski definition) is 1. The Morgan fingerprint density at radius 2 is 1.75 bits per heavy atom. The summed E-state index contributed by atoms with van der Waals surface area (Å²) in [5.41, 5.74) is 0.374. The number of hydrogen-bond acceptors (Lipinski definition) is 4. The Balaban J connectivity index is 1.67. The molecule has 36 heavy (non-hydrogen) atoms. The summed E-state index contributed by atoms with van der Waals surface area (Å²) in [4.78, 5) is 30.9. The topological polar surface area (TPSA) is 52.7 Å². The summed E-state index contributed by atoms with van der Waals surface area (Å²) in [5, 5.41) is 2.91. The van der Waals surface area contributed by atoms with Crippen LogP contribution < -0.4 is 10.2 Å². The van der Waals surface area contributed by atoms with Gasteiger partial charge in [-0.1, -0.05) is 56.3 Å². The van der Waals surface area contributed by atoms with Gasteiger partial charge in [0.05, 0.1) is 16.2 Å². The maximum absolute atomic E-state index is 13.3. The van der Waals surface area contributed by atoms with Gasteiger partial charge in [0.2, 0.25) is 5.91 Å². The van der Waals surface area contributed by atoms with Crippen LogP contribution in [0.4, 0.5) is 18.9 Å². The minimum Gasteiger partial charge on any atom is -0.355 e. The van der Waals surface area contributed by atoms with Gasteiger partial charge in [-0.25, -0.2) is 0 Å². The summed E-state index contributed by atoms with van der Waals surface area (Å²) < 4.78 is 38.6. The monoisotopic (exact) mass is 519 g/mol. The van der Waals surface area contributed by atoms with Gasteiger partial charge in [0.25, 0.3) is 5.91 Å². The zero-order chi connectivity index (χ0) is 26.1. The van der Waals surface area contributed by atoms with E-state index in [1.807, 2.05) is 12.1 Å². The third-order valence-corrected chi connectivity index (χ3v) is 7.00. The third kappa shape index (κ3) is 7.61. The Labute approximate surface area is 214 Å². The van der Waals surface area contributed by atoms with E-state index in [0.717, 1.165) is 55.9 Å². The van der Waals surface area contributed by atoms with Gasteiger partial charge in [-0.15, -0.1) is 0 Å². The second kappa shape index (κ2) is 13.0. The van der Waals surface area contributed by atoms with Gasteiger partial charge in [0.15, 0.2) is 0 Å². The number of nitrogens with zero attached hydrogens (tertiary/aromatic N) is 2. The number of fused-ring (bicyclic) bond motifs is 1.